The van der Waals surface area contributed by atoms with Crippen LogP contribution in [0.5, 0.6) is 0 Å². The van der Waals surface area contributed by atoms with E-state index >= 15 is 0 Å². The monoisotopic (exact) mass is 400 g/mol. The Morgan fingerprint density at radius 1 is 0.793 bits per heavy atom. The third kappa shape index (κ3) is 5.42. The molecule has 0 unspecified atom stereocenters. The van der Waals surface area contributed by atoms with Crippen molar-refractivity contribution in [2.24, 2.45) is 5.41 Å². The second-order valence-electron chi connectivity index (χ2n) is 7.85. The molecule has 7 nitrogen and oxygen atoms in total. The van der Waals surface area contributed by atoms with Crippen LogP contribution < -0.4 is 0 Å². The van der Waals surface area contributed by atoms with E-state index in [4.69, 9.17) is 9.84 Å². The Morgan fingerprint density at radius 2 is 1.24 bits per heavy atom. The number of benzene rings is 2. The number of hydrogen-bond donors (Lipinski definition) is 3. The molecule has 0 saturated heterocycles. The van der Waals surface area contributed by atoms with E-state index in [1.807, 2.05) is 0 Å². The standard InChI is InChI=1S/C22H24O7/c1-21(2,3)29-13-22(19(25)26,20(27)28)12-14-4-6-15(7-5-14)16-8-10-17(11-9-16)18(23)24/h4-11H,12-13H2,1-3H3,(H,23,24)(H,25,26)(H,27,28). The molecule has 0 aliphatic carbocycles. The molecule has 0 aromatic heterocycles. The van der Waals surface area contributed by atoms with Crippen molar-refractivity contribution in [3.8, 4) is 11.1 Å². The number of carbonyl (C=O) groups is 3. The van der Waals surface area contributed by atoms with E-state index in [0.29, 0.717) is 5.56 Å². The SMILES string of the molecule is CC(C)(C)OCC(Cc1ccc(-c2ccc(C(=O)O)cc2)cc1)(C(=O)O)C(=O)O. The van der Waals surface area contributed by atoms with Gasteiger partial charge >= 0.3 is 17.9 Å². The fourth-order valence-electron chi connectivity index (χ4n) is 2.73. The summed E-state index contributed by atoms with van der Waals surface area (Å²) in [6.07, 6.45) is -0.230. The normalized spacial score (nSPS) is 11.8. The molecular formula is C22H24O7. The minimum atomic E-state index is -2.10. The number of aromatic carboxylic acids is 1. The highest BCUT2D eigenvalue weighted by molar-refractivity contribution is 5.98. The van der Waals surface area contributed by atoms with Crippen LogP contribution in [0.15, 0.2) is 48.5 Å². The molecule has 0 bridgehead atoms. The van der Waals surface area contributed by atoms with Gasteiger partial charge < -0.3 is 20.1 Å². The van der Waals surface area contributed by atoms with E-state index in [1.54, 1.807) is 57.2 Å². The number of carboxylic acids is 3. The Balaban J connectivity index is 2.27. The minimum Gasteiger partial charge on any atom is -0.480 e. The summed E-state index contributed by atoms with van der Waals surface area (Å²) in [5, 5.41) is 28.3. The summed E-state index contributed by atoms with van der Waals surface area (Å²) in [6, 6.07) is 13.2. The van der Waals surface area contributed by atoms with Crippen LogP contribution in [0, 0.1) is 5.41 Å². The molecule has 2 aromatic carbocycles. The predicted octanol–water partition coefficient (Wildman–Crippen LogP) is 3.57. The van der Waals surface area contributed by atoms with E-state index in [0.717, 1.165) is 11.1 Å². The lowest BCUT2D eigenvalue weighted by atomic mass is 9.82. The summed E-state index contributed by atoms with van der Waals surface area (Å²) < 4.78 is 5.50. The van der Waals surface area contributed by atoms with Crippen LogP contribution in [-0.4, -0.2) is 45.4 Å². The van der Waals surface area contributed by atoms with Gasteiger partial charge in [0.05, 0.1) is 17.8 Å². The molecule has 0 heterocycles. The fourth-order valence-corrected chi connectivity index (χ4v) is 2.73. The lowest BCUT2D eigenvalue weighted by Gasteiger charge is -2.29. The van der Waals surface area contributed by atoms with E-state index in [-0.39, 0.29) is 12.0 Å². The Kier molecular flexibility index (Phi) is 6.44. The van der Waals surface area contributed by atoms with Crippen molar-refractivity contribution in [2.75, 3.05) is 6.61 Å². The van der Waals surface area contributed by atoms with Gasteiger partial charge in [-0.25, -0.2) is 4.79 Å². The molecule has 0 fully saturated rings. The highest BCUT2D eigenvalue weighted by atomic mass is 16.5. The fraction of sp³-hybridized carbons (Fsp3) is 0.318. The first kappa shape index (κ1) is 22.1. The zero-order chi connectivity index (χ0) is 21.8. The van der Waals surface area contributed by atoms with Gasteiger partial charge in [0.2, 0.25) is 0 Å². The minimum absolute atomic E-state index is 0.178. The second-order valence-corrected chi connectivity index (χ2v) is 7.85. The maximum absolute atomic E-state index is 11.9. The van der Waals surface area contributed by atoms with Gasteiger partial charge in [-0.05, 0) is 49.6 Å². The van der Waals surface area contributed by atoms with Crippen LogP contribution in [0.2, 0.25) is 0 Å². The smallest absolute Gasteiger partial charge is 0.335 e. The number of aliphatic carboxylic acids is 2. The number of carboxylic acid groups (broad SMARTS) is 3. The zero-order valence-corrected chi connectivity index (χ0v) is 16.5. The van der Waals surface area contributed by atoms with Crippen LogP contribution in [0.4, 0.5) is 0 Å². The van der Waals surface area contributed by atoms with E-state index in [2.05, 4.69) is 0 Å². The molecule has 154 valence electrons. The molecule has 0 radical (unpaired) electrons. The van der Waals surface area contributed by atoms with Gasteiger partial charge in [-0.3, -0.25) is 9.59 Å². The van der Waals surface area contributed by atoms with Gasteiger partial charge in [-0.15, -0.1) is 0 Å². The van der Waals surface area contributed by atoms with Crippen molar-refractivity contribution in [2.45, 2.75) is 32.8 Å². The second kappa shape index (κ2) is 8.45. The molecule has 7 heteroatoms. The van der Waals surface area contributed by atoms with Crippen LogP contribution in [-0.2, 0) is 20.7 Å². The molecule has 29 heavy (non-hydrogen) atoms. The van der Waals surface area contributed by atoms with Crippen molar-refractivity contribution in [3.63, 3.8) is 0 Å². The lowest BCUT2D eigenvalue weighted by Crippen LogP contribution is -2.47. The average molecular weight is 400 g/mol. The van der Waals surface area contributed by atoms with Gasteiger partial charge in [0, 0.05) is 6.42 Å². The van der Waals surface area contributed by atoms with Crippen molar-refractivity contribution in [1.29, 1.82) is 0 Å². The Hall–Kier alpha value is -3.19. The number of rotatable bonds is 8. The van der Waals surface area contributed by atoms with Crippen LogP contribution in [0.25, 0.3) is 11.1 Å². The van der Waals surface area contributed by atoms with Gasteiger partial charge in [-0.1, -0.05) is 36.4 Å². The first-order valence-electron chi connectivity index (χ1n) is 8.98. The Labute approximate surface area is 168 Å². The largest absolute Gasteiger partial charge is 0.480 e. The molecule has 2 rings (SSSR count). The molecule has 2 aromatic rings. The van der Waals surface area contributed by atoms with Gasteiger partial charge in [0.25, 0.3) is 0 Å². The van der Waals surface area contributed by atoms with Crippen molar-refractivity contribution >= 4 is 17.9 Å². The molecule has 0 amide bonds. The van der Waals surface area contributed by atoms with Crippen LogP contribution >= 0.6 is 0 Å². The molecule has 0 spiro atoms. The highest BCUT2D eigenvalue weighted by Gasteiger charge is 2.48. The summed E-state index contributed by atoms with van der Waals surface area (Å²) in [4.78, 5) is 34.6. The van der Waals surface area contributed by atoms with Crippen molar-refractivity contribution in [3.05, 3.63) is 59.7 Å². The maximum atomic E-state index is 11.9. The van der Waals surface area contributed by atoms with Gasteiger partial charge in [-0.2, -0.15) is 0 Å². The number of hydrogen-bond acceptors (Lipinski definition) is 4. The first-order chi connectivity index (χ1) is 13.4. The average Bonchev–Trinajstić information content (AvgIpc) is 2.64. The quantitative estimate of drug-likeness (QED) is 0.579. The van der Waals surface area contributed by atoms with Gasteiger partial charge in [0.1, 0.15) is 0 Å². The third-order valence-corrected chi connectivity index (χ3v) is 4.50. The van der Waals surface area contributed by atoms with Gasteiger partial charge in [0.15, 0.2) is 5.41 Å². The van der Waals surface area contributed by atoms with E-state index in [1.165, 1.54) is 12.1 Å². The zero-order valence-electron chi connectivity index (χ0n) is 16.5. The summed E-state index contributed by atoms with van der Waals surface area (Å²) >= 11 is 0. The van der Waals surface area contributed by atoms with Crippen molar-refractivity contribution in [1.82, 2.24) is 0 Å². The summed E-state index contributed by atoms with van der Waals surface area (Å²) in [5.41, 5.74) is -0.469. The number of ether oxygens (including phenoxy) is 1. The summed E-state index contributed by atoms with van der Waals surface area (Å²) in [7, 11) is 0. The lowest BCUT2D eigenvalue weighted by molar-refractivity contribution is -0.173. The van der Waals surface area contributed by atoms with Crippen molar-refractivity contribution < 1.29 is 34.4 Å². The van der Waals surface area contributed by atoms with Crippen LogP contribution in [0.1, 0.15) is 36.7 Å². The Morgan fingerprint density at radius 3 is 1.62 bits per heavy atom. The summed E-state index contributed by atoms with van der Waals surface area (Å²) in [6.45, 7) is 4.73. The van der Waals surface area contributed by atoms with E-state index < -0.39 is 35.5 Å². The molecule has 0 saturated carbocycles. The van der Waals surface area contributed by atoms with E-state index in [9.17, 15) is 24.6 Å². The molecule has 0 atom stereocenters. The summed E-state index contributed by atoms with van der Waals surface area (Å²) in [5.74, 6) is -3.92. The molecule has 0 aliphatic heterocycles. The molecule has 0 aliphatic rings. The Bertz CT molecular complexity index is 876. The predicted molar refractivity (Wildman–Crippen MR) is 106 cm³/mol. The van der Waals surface area contributed by atoms with Crippen LogP contribution in [0.3, 0.4) is 0 Å². The molecular weight excluding hydrogens is 376 g/mol. The highest BCUT2D eigenvalue weighted by Crippen LogP contribution is 2.29. The maximum Gasteiger partial charge on any atom is 0.335 e. The third-order valence-electron chi connectivity index (χ3n) is 4.50. The first-order valence-corrected chi connectivity index (χ1v) is 8.98. The topological polar surface area (TPSA) is 121 Å². The molecule has 3 N–H and O–H groups in total.